The summed E-state index contributed by atoms with van der Waals surface area (Å²) in [6, 6.07) is 15.8. The summed E-state index contributed by atoms with van der Waals surface area (Å²) < 4.78 is 5.13. The molecule has 0 aliphatic rings. The Bertz CT molecular complexity index is 994. The summed E-state index contributed by atoms with van der Waals surface area (Å²) in [5, 5.41) is 2.88. The van der Waals surface area contributed by atoms with E-state index in [0.29, 0.717) is 22.4 Å². The van der Waals surface area contributed by atoms with Crippen LogP contribution in [0.5, 0.6) is 5.88 Å². The predicted molar refractivity (Wildman–Crippen MR) is 88.4 cm³/mol. The lowest BCUT2D eigenvalue weighted by atomic mass is 10.1. The van der Waals surface area contributed by atoms with Crippen molar-refractivity contribution >= 4 is 33.5 Å². The number of nitrogens with one attached hydrogen (secondary N) is 1. The second-order valence-corrected chi connectivity index (χ2v) is 5.40. The number of hydrogen-bond donors (Lipinski definition) is 1. The van der Waals surface area contributed by atoms with Crippen molar-refractivity contribution in [2.24, 2.45) is 0 Å². The number of aromatic nitrogens is 3. The van der Waals surface area contributed by atoms with Gasteiger partial charge in [0.2, 0.25) is 5.88 Å². The van der Waals surface area contributed by atoms with Crippen LogP contribution in [0.2, 0.25) is 5.02 Å². The summed E-state index contributed by atoms with van der Waals surface area (Å²) in [5.41, 5.74) is 2.32. The highest BCUT2D eigenvalue weighted by Crippen LogP contribution is 2.31. The van der Waals surface area contributed by atoms with Gasteiger partial charge in [0.15, 0.2) is 5.65 Å². The Kier molecular flexibility index (Phi) is 2.98. The molecule has 0 saturated heterocycles. The van der Waals surface area contributed by atoms with Gasteiger partial charge in [0.25, 0.3) is 0 Å². The van der Waals surface area contributed by atoms with E-state index in [1.165, 1.54) is 0 Å². The highest BCUT2D eigenvalue weighted by atomic mass is 35.5. The second-order valence-electron chi connectivity index (χ2n) is 4.99. The van der Waals surface area contributed by atoms with Crippen molar-refractivity contribution in [2.75, 3.05) is 7.11 Å². The van der Waals surface area contributed by atoms with Crippen LogP contribution in [-0.2, 0) is 0 Å². The van der Waals surface area contributed by atoms with Gasteiger partial charge in [-0.25, -0.2) is 4.98 Å². The molecule has 108 valence electrons. The average molecular weight is 310 g/mol. The molecule has 0 aliphatic carbocycles. The van der Waals surface area contributed by atoms with E-state index in [4.69, 9.17) is 16.3 Å². The summed E-state index contributed by atoms with van der Waals surface area (Å²) in [6.45, 7) is 0. The molecule has 0 amide bonds. The molecule has 0 saturated carbocycles. The minimum atomic E-state index is 0.537. The first-order valence-corrected chi connectivity index (χ1v) is 7.22. The second kappa shape index (κ2) is 5.00. The summed E-state index contributed by atoms with van der Waals surface area (Å²) in [6.07, 6.45) is 0. The molecule has 2 heterocycles. The lowest BCUT2D eigenvalue weighted by molar-refractivity contribution is 0.399. The fourth-order valence-electron chi connectivity index (χ4n) is 2.51. The number of hydrogen-bond acceptors (Lipinski definition) is 3. The highest BCUT2D eigenvalue weighted by Gasteiger charge is 2.11. The van der Waals surface area contributed by atoms with Crippen LogP contribution in [0.1, 0.15) is 0 Å². The van der Waals surface area contributed by atoms with E-state index in [0.717, 1.165) is 21.9 Å². The smallest absolute Gasteiger partial charge is 0.215 e. The van der Waals surface area contributed by atoms with Crippen LogP contribution in [0.3, 0.4) is 0 Å². The number of H-pyrrole nitrogens is 1. The third-order valence-electron chi connectivity index (χ3n) is 3.62. The topological polar surface area (TPSA) is 50.8 Å². The molecule has 0 radical (unpaired) electrons. The lowest BCUT2D eigenvalue weighted by Crippen LogP contribution is -1.86. The number of fused-ring (bicyclic) bond motifs is 2. The number of benzene rings is 2. The number of halogens is 1. The van der Waals surface area contributed by atoms with Crippen molar-refractivity contribution in [3.63, 3.8) is 0 Å². The minimum absolute atomic E-state index is 0.537. The molecule has 5 heteroatoms. The standard InChI is InChI=1S/C17H12ClN3O/c1-22-15-7-6-14-17(20-15)21-16(19-14)12-8-10-4-2-3-5-11(10)9-13(12)18/h2-9H,1H3,(H,19,20,21). The van der Waals surface area contributed by atoms with Crippen LogP contribution >= 0.6 is 11.6 Å². The summed E-state index contributed by atoms with van der Waals surface area (Å²) in [4.78, 5) is 12.1. The number of pyridine rings is 1. The maximum atomic E-state index is 6.42. The number of methoxy groups -OCH3 is 1. The predicted octanol–water partition coefficient (Wildman–Crippen LogP) is 4.44. The van der Waals surface area contributed by atoms with E-state index < -0.39 is 0 Å². The molecule has 4 rings (SSSR count). The van der Waals surface area contributed by atoms with Gasteiger partial charge in [0, 0.05) is 11.6 Å². The van der Waals surface area contributed by atoms with Gasteiger partial charge < -0.3 is 9.72 Å². The van der Waals surface area contributed by atoms with Gasteiger partial charge >= 0.3 is 0 Å². The maximum Gasteiger partial charge on any atom is 0.215 e. The number of rotatable bonds is 2. The molecule has 4 aromatic rings. The Hall–Kier alpha value is -2.59. The van der Waals surface area contributed by atoms with Gasteiger partial charge in [0.05, 0.1) is 17.6 Å². The molecule has 0 spiro atoms. The molecule has 0 unspecified atom stereocenters. The van der Waals surface area contributed by atoms with Crippen LogP contribution in [-0.4, -0.2) is 22.1 Å². The van der Waals surface area contributed by atoms with Crippen molar-refractivity contribution in [2.45, 2.75) is 0 Å². The first kappa shape index (κ1) is 13.1. The molecule has 2 aromatic heterocycles. The molecule has 2 aromatic carbocycles. The van der Waals surface area contributed by atoms with Crippen LogP contribution in [0.4, 0.5) is 0 Å². The molecular weight excluding hydrogens is 298 g/mol. The van der Waals surface area contributed by atoms with E-state index in [-0.39, 0.29) is 0 Å². The van der Waals surface area contributed by atoms with Crippen LogP contribution in [0.25, 0.3) is 33.3 Å². The van der Waals surface area contributed by atoms with E-state index >= 15 is 0 Å². The quantitative estimate of drug-likeness (QED) is 0.595. The molecular formula is C17H12ClN3O. The van der Waals surface area contributed by atoms with Gasteiger partial charge in [-0.05, 0) is 29.0 Å². The molecule has 0 bridgehead atoms. The van der Waals surface area contributed by atoms with Crippen LogP contribution in [0.15, 0.2) is 48.5 Å². The highest BCUT2D eigenvalue weighted by molar-refractivity contribution is 6.34. The first-order valence-electron chi connectivity index (χ1n) is 6.84. The molecule has 22 heavy (non-hydrogen) atoms. The molecule has 0 aliphatic heterocycles. The van der Waals surface area contributed by atoms with Crippen LogP contribution < -0.4 is 4.74 Å². The zero-order valence-electron chi connectivity index (χ0n) is 11.8. The Morgan fingerprint density at radius 3 is 2.55 bits per heavy atom. The number of aromatic amines is 1. The fourth-order valence-corrected chi connectivity index (χ4v) is 2.77. The van der Waals surface area contributed by atoms with Crippen LogP contribution in [0, 0.1) is 0 Å². The lowest BCUT2D eigenvalue weighted by Gasteiger charge is -2.04. The summed E-state index contributed by atoms with van der Waals surface area (Å²) in [7, 11) is 1.59. The monoisotopic (exact) mass is 309 g/mol. The van der Waals surface area contributed by atoms with E-state index in [9.17, 15) is 0 Å². The molecule has 0 fully saturated rings. The number of nitrogens with zero attached hydrogens (tertiary/aromatic N) is 2. The zero-order chi connectivity index (χ0) is 15.1. The fraction of sp³-hybridized carbons (Fsp3) is 0.0588. The normalized spacial score (nSPS) is 11.2. The first-order chi connectivity index (χ1) is 10.7. The zero-order valence-corrected chi connectivity index (χ0v) is 12.6. The third kappa shape index (κ3) is 2.09. The van der Waals surface area contributed by atoms with Crippen molar-refractivity contribution in [3.05, 3.63) is 53.6 Å². The van der Waals surface area contributed by atoms with Crippen molar-refractivity contribution in [3.8, 4) is 17.3 Å². The van der Waals surface area contributed by atoms with Crippen molar-refractivity contribution < 1.29 is 4.74 Å². The largest absolute Gasteiger partial charge is 0.481 e. The number of imidazole rings is 1. The summed E-state index contributed by atoms with van der Waals surface area (Å²) >= 11 is 6.42. The van der Waals surface area contributed by atoms with Crippen molar-refractivity contribution in [1.29, 1.82) is 0 Å². The SMILES string of the molecule is COc1ccc2[nH]c(-c3cc4ccccc4cc3Cl)nc2n1. The maximum absolute atomic E-state index is 6.42. The molecule has 1 N–H and O–H groups in total. The average Bonchev–Trinajstić information content (AvgIpc) is 2.96. The van der Waals surface area contributed by atoms with E-state index in [1.807, 2.05) is 36.4 Å². The van der Waals surface area contributed by atoms with Gasteiger partial charge in [0.1, 0.15) is 5.82 Å². The Balaban J connectivity index is 1.92. The third-order valence-corrected chi connectivity index (χ3v) is 3.93. The van der Waals surface area contributed by atoms with Gasteiger partial charge in [-0.1, -0.05) is 35.9 Å². The number of ether oxygens (including phenoxy) is 1. The van der Waals surface area contributed by atoms with E-state index in [2.05, 4.69) is 21.0 Å². The van der Waals surface area contributed by atoms with Gasteiger partial charge in [-0.3, -0.25) is 0 Å². The van der Waals surface area contributed by atoms with Crippen molar-refractivity contribution in [1.82, 2.24) is 15.0 Å². The molecule has 0 atom stereocenters. The Morgan fingerprint density at radius 2 is 1.77 bits per heavy atom. The van der Waals surface area contributed by atoms with Gasteiger partial charge in [-0.2, -0.15) is 4.98 Å². The van der Waals surface area contributed by atoms with E-state index in [1.54, 1.807) is 13.2 Å². The molecule has 4 nitrogen and oxygen atoms in total. The summed E-state index contributed by atoms with van der Waals surface area (Å²) in [5.74, 6) is 1.24. The Labute approximate surface area is 131 Å². The Morgan fingerprint density at radius 1 is 1.00 bits per heavy atom. The minimum Gasteiger partial charge on any atom is -0.481 e. The van der Waals surface area contributed by atoms with Gasteiger partial charge in [-0.15, -0.1) is 0 Å².